The number of benzene rings is 2. The molecule has 0 heterocycles. The van der Waals surface area contributed by atoms with Crippen LogP contribution in [0.5, 0.6) is 5.75 Å². The number of hydrogen-bond donors (Lipinski definition) is 1. The summed E-state index contributed by atoms with van der Waals surface area (Å²) < 4.78 is 18.2. The maximum Gasteiger partial charge on any atom is 0.228 e. The molecular weight excluding hydrogens is 245 g/mol. The first kappa shape index (κ1) is 13.1. The van der Waals surface area contributed by atoms with Crippen LogP contribution >= 0.6 is 0 Å². The molecule has 4 heteroatoms. The van der Waals surface area contributed by atoms with Gasteiger partial charge in [0.15, 0.2) is 0 Å². The van der Waals surface area contributed by atoms with Crippen molar-refractivity contribution in [3.05, 3.63) is 66.0 Å². The fourth-order valence-electron chi connectivity index (χ4n) is 1.74. The summed E-state index contributed by atoms with van der Waals surface area (Å²) >= 11 is 0. The van der Waals surface area contributed by atoms with Crippen molar-refractivity contribution < 1.29 is 13.9 Å². The molecule has 98 valence electrons. The smallest absolute Gasteiger partial charge is 0.228 e. The van der Waals surface area contributed by atoms with E-state index in [2.05, 4.69) is 0 Å². The van der Waals surface area contributed by atoms with Crippen molar-refractivity contribution in [2.75, 3.05) is 6.61 Å². The molecule has 2 aromatic rings. The first-order chi connectivity index (χ1) is 9.16. The number of carbonyl (C=O) groups excluding carboxylic acids is 1. The molecule has 1 atom stereocenters. The minimum atomic E-state index is -0.522. The maximum atomic E-state index is 12.7. The Kier molecular flexibility index (Phi) is 4.13. The van der Waals surface area contributed by atoms with E-state index in [1.165, 1.54) is 24.3 Å². The topological polar surface area (TPSA) is 52.3 Å². The van der Waals surface area contributed by atoms with Gasteiger partial charge < -0.3 is 10.5 Å². The van der Waals surface area contributed by atoms with E-state index < -0.39 is 11.8 Å². The highest BCUT2D eigenvalue weighted by atomic mass is 19.1. The Morgan fingerprint density at radius 3 is 2.32 bits per heavy atom. The first-order valence-corrected chi connectivity index (χ1v) is 5.89. The third-order valence-corrected chi connectivity index (χ3v) is 2.78. The lowest BCUT2D eigenvalue weighted by Crippen LogP contribution is -2.26. The lowest BCUT2D eigenvalue weighted by molar-refractivity contribution is -0.120. The van der Waals surface area contributed by atoms with Gasteiger partial charge in [-0.05, 0) is 29.8 Å². The second-order valence-corrected chi connectivity index (χ2v) is 4.13. The SMILES string of the molecule is NC(=O)C(COc1ccc(F)cc1)c1ccccc1. The molecule has 0 radical (unpaired) electrons. The third-order valence-electron chi connectivity index (χ3n) is 2.78. The van der Waals surface area contributed by atoms with Crippen molar-refractivity contribution in [1.29, 1.82) is 0 Å². The van der Waals surface area contributed by atoms with Gasteiger partial charge >= 0.3 is 0 Å². The predicted octanol–water partition coefficient (Wildman–Crippen LogP) is 2.47. The van der Waals surface area contributed by atoms with Gasteiger partial charge in [0.2, 0.25) is 5.91 Å². The van der Waals surface area contributed by atoms with Gasteiger partial charge in [-0.1, -0.05) is 30.3 Å². The number of carbonyl (C=O) groups is 1. The van der Waals surface area contributed by atoms with E-state index in [-0.39, 0.29) is 12.4 Å². The highest BCUT2D eigenvalue weighted by Crippen LogP contribution is 2.18. The summed E-state index contributed by atoms with van der Waals surface area (Å²) in [6, 6.07) is 14.8. The van der Waals surface area contributed by atoms with E-state index in [0.29, 0.717) is 5.75 Å². The zero-order valence-electron chi connectivity index (χ0n) is 10.3. The molecule has 3 nitrogen and oxygen atoms in total. The Labute approximate surface area is 110 Å². The Hall–Kier alpha value is -2.36. The molecule has 0 spiro atoms. The van der Waals surface area contributed by atoms with Crippen molar-refractivity contribution >= 4 is 5.91 Å². The number of halogens is 1. The van der Waals surface area contributed by atoms with Crippen LogP contribution in [0, 0.1) is 5.82 Å². The van der Waals surface area contributed by atoms with Gasteiger partial charge in [0.05, 0.1) is 5.92 Å². The monoisotopic (exact) mass is 259 g/mol. The summed E-state index contributed by atoms with van der Waals surface area (Å²) in [6.07, 6.45) is 0. The van der Waals surface area contributed by atoms with Crippen LogP contribution in [-0.4, -0.2) is 12.5 Å². The minimum Gasteiger partial charge on any atom is -0.492 e. The maximum absolute atomic E-state index is 12.7. The minimum absolute atomic E-state index is 0.130. The molecule has 0 aliphatic carbocycles. The Morgan fingerprint density at radius 2 is 1.74 bits per heavy atom. The molecule has 1 amide bonds. The van der Waals surface area contributed by atoms with Crippen LogP contribution in [-0.2, 0) is 4.79 Å². The molecule has 0 bridgehead atoms. The fraction of sp³-hybridized carbons (Fsp3) is 0.133. The van der Waals surface area contributed by atoms with Crippen molar-refractivity contribution in [3.63, 3.8) is 0 Å². The summed E-state index contributed by atoms with van der Waals surface area (Å²) in [5.41, 5.74) is 6.18. The standard InChI is InChI=1S/C15H14FNO2/c16-12-6-8-13(9-7-12)19-10-14(15(17)18)11-4-2-1-3-5-11/h1-9,14H,10H2,(H2,17,18). The van der Waals surface area contributed by atoms with E-state index >= 15 is 0 Å². The van der Waals surface area contributed by atoms with Crippen molar-refractivity contribution in [2.24, 2.45) is 5.73 Å². The van der Waals surface area contributed by atoms with E-state index in [9.17, 15) is 9.18 Å². The highest BCUT2D eigenvalue weighted by Gasteiger charge is 2.18. The van der Waals surface area contributed by atoms with E-state index in [0.717, 1.165) is 5.56 Å². The van der Waals surface area contributed by atoms with Gasteiger partial charge in [-0.3, -0.25) is 4.79 Å². The molecule has 0 aliphatic rings. The summed E-state index contributed by atoms with van der Waals surface area (Å²) in [7, 11) is 0. The molecule has 2 N–H and O–H groups in total. The fourth-order valence-corrected chi connectivity index (χ4v) is 1.74. The highest BCUT2D eigenvalue weighted by molar-refractivity contribution is 5.82. The van der Waals surface area contributed by atoms with Crippen LogP contribution in [0.25, 0.3) is 0 Å². The van der Waals surface area contributed by atoms with Gasteiger partial charge in [-0.2, -0.15) is 0 Å². The van der Waals surface area contributed by atoms with Crippen LogP contribution in [0.4, 0.5) is 4.39 Å². The first-order valence-electron chi connectivity index (χ1n) is 5.89. The Morgan fingerprint density at radius 1 is 1.11 bits per heavy atom. The van der Waals surface area contributed by atoms with Crippen LogP contribution in [0.15, 0.2) is 54.6 Å². The van der Waals surface area contributed by atoms with Crippen molar-refractivity contribution in [1.82, 2.24) is 0 Å². The molecule has 2 aromatic carbocycles. The number of ether oxygens (including phenoxy) is 1. The van der Waals surface area contributed by atoms with Gasteiger partial charge in [0.25, 0.3) is 0 Å². The van der Waals surface area contributed by atoms with Gasteiger partial charge in [-0.25, -0.2) is 4.39 Å². The summed E-state index contributed by atoms with van der Waals surface area (Å²) in [6.45, 7) is 0.130. The molecule has 2 rings (SSSR count). The molecule has 1 unspecified atom stereocenters. The van der Waals surface area contributed by atoms with E-state index in [1.807, 2.05) is 30.3 Å². The lowest BCUT2D eigenvalue weighted by atomic mass is 10.00. The zero-order chi connectivity index (χ0) is 13.7. The summed E-state index contributed by atoms with van der Waals surface area (Å²) in [4.78, 5) is 11.5. The molecule has 19 heavy (non-hydrogen) atoms. The number of primary amides is 1. The average molecular weight is 259 g/mol. The molecule has 0 fully saturated rings. The van der Waals surface area contributed by atoms with Crippen molar-refractivity contribution in [2.45, 2.75) is 5.92 Å². The summed E-state index contributed by atoms with van der Waals surface area (Å²) in [5, 5.41) is 0. The second kappa shape index (κ2) is 6.00. The van der Waals surface area contributed by atoms with Crippen LogP contribution in [0.1, 0.15) is 11.5 Å². The Bertz CT molecular complexity index is 540. The van der Waals surface area contributed by atoms with Crippen LogP contribution < -0.4 is 10.5 Å². The summed E-state index contributed by atoms with van der Waals surface area (Å²) in [5.74, 6) is -0.801. The number of amides is 1. The average Bonchev–Trinajstić information content (AvgIpc) is 2.42. The number of nitrogens with two attached hydrogens (primary N) is 1. The third kappa shape index (κ3) is 3.55. The normalized spacial score (nSPS) is 11.8. The molecule has 0 aromatic heterocycles. The van der Waals surface area contributed by atoms with Crippen LogP contribution in [0.3, 0.4) is 0 Å². The lowest BCUT2D eigenvalue weighted by Gasteiger charge is -2.15. The predicted molar refractivity (Wildman–Crippen MR) is 70.3 cm³/mol. The van der Waals surface area contributed by atoms with Gasteiger partial charge in [0, 0.05) is 0 Å². The molecule has 0 aliphatic heterocycles. The van der Waals surface area contributed by atoms with Crippen molar-refractivity contribution in [3.8, 4) is 5.75 Å². The van der Waals surface area contributed by atoms with Crippen LogP contribution in [0.2, 0.25) is 0 Å². The molecule has 0 saturated heterocycles. The molecular formula is C15H14FNO2. The quantitative estimate of drug-likeness (QED) is 0.896. The zero-order valence-corrected chi connectivity index (χ0v) is 10.3. The second-order valence-electron chi connectivity index (χ2n) is 4.13. The van der Waals surface area contributed by atoms with Gasteiger partial charge in [0.1, 0.15) is 18.2 Å². The number of hydrogen-bond acceptors (Lipinski definition) is 2. The largest absolute Gasteiger partial charge is 0.492 e. The number of rotatable bonds is 5. The van der Waals surface area contributed by atoms with Gasteiger partial charge in [-0.15, -0.1) is 0 Å². The Balaban J connectivity index is 2.06. The van der Waals surface area contributed by atoms with E-state index in [4.69, 9.17) is 10.5 Å². The van der Waals surface area contributed by atoms with E-state index in [1.54, 1.807) is 0 Å². The molecule has 0 saturated carbocycles.